The lowest BCUT2D eigenvalue weighted by atomic mass is 10.1. The van der Waals surface area contributed by atoms with E-state index in [0.717, 1.165) is 19.3 Å². The van der Waals surface area contributed by atoms with E-state index in [4.69, 9.17) is 4.74 Å². The largest absolute Gasteiger partial charge is 0.464 e. The third kappa shape index (κ3) is 7.51. The number of nitrogens with zero attached hydrogens (tertiary/aromatic N) is 1. The highest BCUT2D eigenvalue weighted by Crippen LogP contribution is 2.10. The summed E-state index contributed by atoms with van der Waals surface area (Å²) in [6.45, 7) is 3.56. The van der Waals surface area contributed by atoms with Crippen molar-refractivity contribution in [3.05, 3.63) is 0 Å². The molecule has 0 unspecified atom stereocenters. The molecule has 1 aliphatic heterocycles. The first kappa shape index (κ1) is 17.0. The monoisotopic (exact) mass is 283 g/mol. The summed E-state index contributed by atoms with van der Waals surface area (Å²) in [4.78, 5) is 24.5. The molecule has 0 spiro atoms. The lowest BCUT2D eigenvalue weighted by Crippen LogP contribution is -2.31. The Labute approximate surface area is 122 Å². The van der Waals surface area contributed by atoms with Crippen LogP contribution in [0.3, 0.4) is 0 Å². The molecule has 1 heterocycles. The van der Waals surface area contributed by atoms with E-state index in [0.29, 0.717) is 19.6 Å². The van der Waals surface area contributed by atoms with Crippen molar-refractivity contribution in [1.29, 1.82) is 0 Å². The Morgan fingerprint density at radius 3 is 2.35 bits per heavy atom. The molecule has 0 radical (unpaired) electrons. The van der Waals surface area contributed by atoms with Gasteiger partial charge in [-0.05, 0) is 12.8 Å². The number of rotatable bonds is 11. The van der Waals surface area contributed by atoms with Gasteiger partial charge in [-0.15, -0.1) is 0 Å². The third-order valence-electron chi connectivity index (χ3n) is 3.75. The fourth-order valence-electron chi connectivity index (χ4n) is 2.49. The van der Waals surface area contributed by atoms with Gasteiger partial charge >= 0.3 is 5.97 Å². The number of carbonyl (C=O) groups excluding carboxylic acids is 2. The Morgan fingerprint density at radius 2 is 1.75 bits per heavy atom. The van der Waals surface area contributed by atoms with Crippen molar-refractivity contribution in [2.24, 2.45) is 0 Å². The van der Waals surface area contributed by atoms with Crippen LogP contribution < -0.4 is 0 Å². The molecular weight excluding hydrogens is 254 g/mol. The highest BCUT2D eigenvalue weighted by Gasteiger charge is 2.22. The summed E-state index contributed by atoms with van der Waals surface area (Å²) in [5, 5.41) is 0. The van der Waals surface area contributed by atoms with Crippen molar-refractivity contribution in [3.63, 3.8) is 0 Å². The Kier molecular flexibility index (Phi) is 9.09. The summed E-state index contributed by atoms with van der Waals surface area (Å²) >= 11 is 0. The van der Waals surface area contributed by atoms with Crippen LogP contribution in [-0.4, -0.2) is 36.5 Å². The van der Waals surface area contributed by atoms with Gasteiger partial charge in [0, 0.05) is 13.0 Å². The maximum atomic E-state index is 11.5. The number of hydrogen-bond donors (Lipinski definition) is 0. The number of ether oxygens (including phenoxy) is 1. The highest BCUT2D eigenvalue weighted by atomic mass is 16.5. The fourth-order valence-corrected chi connectivity index (χ4v) is 2.49. The Morgan fingerprint density at radius 1 is 1.10 bits per heavy atom. The highest BCUT2D eigenvalue weighted by molar-refractivity contribution is 5.83. The van der Waals surface area contributed by atoms with Crippen molar-refractivity contribution >= 4 is 11.9 Å². The van der Waals surface area contributed by atoms with Crippen molar-refractivity contribution in [2.45, 2.75) is 71.1 Å². The Hall–Kier alpha value is -1.06. The van der Waals surface area contributed by atoms with Gasteiger partial charge in [0.2, 0.25) is 5.91 Å². The van der Waals surface area contributed by atoms with Crippen LogP contribution in [-0.2, 0) is 14.3 Å². The number of likely N-dealkylation sites (tertiary alicyclic amines) is 1. The summed E-state index contributed by atoms with van der Waals surface area (Å²) in [5.41, 5.74) is 0. The maximum Gasteiger partial charge on any atom is 0.325 e. The molecule has 4 heteroatoms. The molecule has 1 rings (SSSR count). The lowest BCUT2D eigenvalue weighted by molar-refractivity contribution is -0.148. The van der Waals surface area contributed by atoms with Gasteiger partial charge in [0.15, 0.2) is 0 Å². The molecule has 0 atom stereocenters. The molecule has 116 valence electrons. The summed E-state index contributed by atoms with van der Waals surface area (Å²) < 4.78 is 5.16. The second-order valence-electron chi connectivity index (χ2n) is 5.61. The van der Waals surface area contributed by atoms with Gasteiger partial charge in [0.05, 0.1) is 6.61 Å². The van der Waals surface area contributed by atoms with E-state index in [1.807, 2.05) is 0 Å². The van der Waals surface area contributed by atoms with Crippen molar-refractivity contribution < 1.29 is 14.3 Å². The molecule has 1 amide bonds. The van der Waals surface area contributed by atoms with Crippen molar-refractivity contribution in [2.75, 3.05) is 19.7 Å². The standard InChI is InChI=1S/C16H29NO3/c1-2-3-4-5-6-7-8-9-13-20-16(19)14-17-12-10-11-15(17)18/h2-14H2,1H3. The van der Waals surface area contributed by atoms with E-state index in [-0.39, 0.29) is 18.4 Å². The second kappa shape index (κ2) is 10.7. The molecule has 0 N–H and O–H groups in total. The van der Waals surface area contributed by atoms with Crippen LogP contribution in [0.4, 0.5) is 0 Å². The topological polar surface area (TPSA) is 46.6 Å². The van der Waals surface area contributed by atoms with E-state index in [1.165, 1.54) is 38.5 Å². The van der Waals surface area contributed by atoms with Gasteiger partial charge in [-0.1, -0.05) is 51.9 Å². The van der Waals surface area contributed by atoms with Gasteiger partial charge < -0.3 is 9.64 Å². The van der Waals surface area contributed by atoms with E-state index >= 15 is 0 Å². The number of amides is 1. The fraction of sp³-hybridized carbons (Fsp3) is 0.875. The van der Waals surface area contributed by atoms with Gasteiger partial charge in [0.25, 0.3) is 0 Å². The van der Waals surface area contributed by atoms with E-state index in [1.54, 1.807) is 4.90 Å². The number of carbonyl (C=O) groups is 2. The van der Waals surface area contributed by atoms with E-state index in [9.17, 15) is 9.59 Å². The summed E-state index contributed by atoms with van der Waals surface area (Å²) in [6, 6.07) is 0. The predicted molar refractivity (Wildman–Crippen MR) is 79.4 cm³/mol. The van der Waals surface area contributed by atoms with Crippen LogP contribution in [0.15, 0.2) is 0 Å². The summed E-state index contributed by atoms with van der Waals surface area (Å²) in [7, 11) is 0. The molecule has 1 saturated heterocycles. The molecule has 1 fully saturated rings. The minimum atomic E-state index is -0.261. The zero-order valence-corrected chi connectivity index (χ0v) is 12.9. The van der Waals surface area contributed by atoms with Gasteiger partial charge in [-0.3, -0.25) is 9.59 Å². The number of unbranched alkanes of at least 4 members (excludes halogenated alkanes) is 7. The molecule has 0 saturated carbocycles. The average Bonchev–Trinajstić information content (AvgIpc) is 2.82. The summed E-state index contributed by atoms with van der Waals surface area (Å²) in [5.74, 6) is -0.183. The smallest absolute Gasteiger partial charge is 0.325 e. The average molecular weight is 283 g/mol. The Bertz CT molecular complexity index is 291. The first-order valence-corrected chi connectivity index (χ1v) is 8.17. The molecule has 0 bridgehead atoms. The van der Waals surface area contributed by atoms with E-state index < -0.39 is 0 Å². The van der Waals surface area contributed by atoms with Gasteiger partial charge in [0.1, 0.15) is 6.54 Å². The zero-order valence-electron chi connectivity index (χ0n) is 12.9. The SMILES string of the molecule is CCCCCCCCCCOC(=O)CN1CCCC1=O. The predicted octanol–water partition coefficient (Wildman–Crippen LogP) is 3.29. The normalized spacial score (nSPS) is 14.8. The van der Waals surface area contributed by atoms with E-state index in [2.05, 4.69) is 6.92 Å². The molecule has 1 aliphatic rings. The van der Waals surface area contributed by atoms with Crippen LogP contribution in [0.25, 0.3) is 0 Å². The zero-order chi connectivity index (χ0) is 14.6. The summed E-state index contributed by atoms with van der Waals surface area (Å²) in [6.07, 6.45) is 11.3. The molecule has 20 heavy (non-hydrogen) atoms. The quantitative estimate of drug-likeness (QED) is 0.432. The lowest BCUT2D eigenvalue weighted by Gasteiger charge is -2.14. The maximum absolute atomic E-state index is 11.5. The molecule has 4 nitrogen and oxygen atoms in total. The van der Waals surface area contributed by atoms with Crippen LogP contribution in [0.1, 0.15) is 71.1 Å². The Balaban J connectivity index is 1.88. The number of hydrogen-bond acceptors (Lipinski definition) is 3. The van der Waals surface area contributed by atoms with Crippen molar-refractivity contribution in [1.82, 2.24) is 4.90 Å². The first-order chi connectivity index (χ1) is 9.74. The number of esters is 1. The molecule has 0 aromatic carbocycles. The van der Waals surface area contributed by atoms with Crippen LogP contribution in [0.5, 0.6) is 0 Å². The molecule has 0 aliphatic carbocycles. The third-order valence-corrected chi connectivity index (χ3v) is 3.75. The van der Waals surface area contributed by atoms with Gasteiger partial charge in [-0.2, -0.15) is 0 Å². The minimum Gasteiger partial charge on any atom is -0.464 e. The molecule has 0 aromatic heterocycles. The first-order valence-electron chi connectivity index (χ1n) is 8.17. The van der Waals surface area contributed by atoms with Crippen molar-refractivity contribution in [3.8, 4) is 0 Å². The molecular formula is C16H29NO3. The minimum absolute atomic E-state index is 0.0778. The van der Waals surface area contributed by atoms with Crippen LogP contribution in [0.2, 0.25) is 0 Å². The van der Waals surface area contributed by atoms with Crippen LogP contribution >= 0.6 is 0 Å². The molecule has 0 aromatic rings. The second-order valence-corrected chi connectivity index (χ2v) is 5.61. The van der Waals surface area contributed by atoms with Crippen LogP contribution in [0, 0.1) is 0 Å². The van der Waals surface area contributed by atoms with Gasteiger partial charge in [-0.25, -0.2) is 0 Å².